The van der Waals surface area contributed by atoms with Crippen molar-refractivity contribution in [3.05, 3.63) is 83.9 Å². The van der Waals surface area contributed by atoms with E-state index in [4.69, 9.17) is 4.74 Å². The minimum atomic E-state index is 0.705. The van der Waals surface area contributed by atoms with Crippen molar-refractivity contribution < 1.29 is 4.74 Å². The summed E-state index contributed by atoms with van der Waals surface area (Å²) in [6.07, 6.45) is 0.962. The zero-order valence-electron chi connectivity index (χ0n) is 17.4. The Morgan fingerprint density at radius 3 is 2.57 bits per heavy atom. The largest absolute Gasteiger partial charge is 0.497 e. The van der Waals surface area contributed by atoms with E-state index in [-0.39, 0.29) is 0 Å². The van der Waals surface area contributed by atoms with Crippen LogP contribution in [-0.2, 0) is 13.0 Å². The Morgan fingerprint density at radius 1 is 1.00 bits per heavy atom. The van der Waals surface area contributed by atoms with Gasteiger partial charge in [-0.1, -0.05) is 42.5 Å². The summed E-state index contributed by atoms with van der Waals surface area (Å²) in [5, 5.41) is 14.4. The van der Waals surface area contributed by atoms with Crippen molar-refractivity contribution in [3.63, 3.8) is 0 Å². The number of anilines is 1. The van der Waals surface area contributed by atoms with Crippen molar-refractivity contribution in [1.29, 1.82) is 5.26 Å². The fourth-order valence-electron chi connectivity index (χ4n) is 3.97. The molecule has 4 heteroatoms. The summed E-state index contributed by atoms with van der Waals surface area (Å²) in [6, 6.07) is 27.1. The molecule has 0 radical (unpaired) electrons. The second-order valence-corrected chi connectivity index (χ2v) is 7.21. The van der Waals surface area contributed by atoms with Crippen molar-refractivity contribution >= 4 is 16.6 Å². The smallest absolute Gasteiger partial charge is 0.120 e. The quantitative estimate of drug-likeness (QED) is 0.426. The van der Waals surface area contributed by atoms with Gasteiger partial charge in [-0.25, -0.2) is 0 Å². The Bertz CT molecular complexity index is 1200. The number of nitrogens with zero attached hydrogens (tertiary/aromatic N) is 2. The topological polar surface area (TPSA) is 50.0 Å². The molecule has 4 nitrogen and oxygen atoms in total. The highest BCUT2D eigenvalue weighted by Crippen LogP contribution is 2.36. The average molecular weight is 396 g/mol. The van der Waals surface area contributed by atoms with Gasteiger partial charge in [0.05, 0.1) is 23.9 Å². The van der Waals surface area contributed by atoms with Gasteiger partial charge in [0.2, 0.25) is 0 Å². The standard InChI is InChI=1S/C26H25N3O/c1-3-29-25-17-22(30-2)12-13-23(25)24(18-27)26(29)20-10-7-11-21(16-20)28-15-14-19-8-5-4-6-9-19/h4-13,16-17,28H,3,14-15H2,1-2H3. The van der Waals surface area contributed by atoms with Crippen molar-refractivity contribution in [2.45, 2.75) is 19.9 Å². The number of aromatic nitrogens is 1. The Balaban J connectivity index is 1.68. The van der Waals surface area contributed by atoms with Crippen LogP contribution in [-0.4, -0.2) is 18.2 Å². The third-order valence-electron chi connectivity index (χ3n) is 5.42. The highest BCUT2D eigenvalue weighted by Gasteiger charge is 2.18. The first-order valence-corrected chi connectivity index (χ1v) is 10.2. The van der Waals surface area contributed by atoms with Gasteiger partial charge in [0, 0.05) is 35.8 Å². The summed E-state index contributed by atoms with van der Waals surface area (Å²) < 4.78 is 7.60. The lowest BCUT2D eigenvalue weighted by Crippen LogP contribution is -2.05. The normalized spacial score (nSPS) is 10.7. The Morgan fingerprint density at radius 2 is 1.83 bits per heavy atom. The molecule has 1 aromatic heterocycles. The highest BCUT2D eigenvalue weighted by molar-refractivity contribution is 5.95. The fourth-order valence-corrected chi connectivity index (χ4v) is 3.97. The molecule has 0 aliphatic heterocycles. The molecule has 1 N–H and O–H groups in total. The molecule has 0 spiro atoms. The molecule has 0 saturated heterocycles. The van der Waals surface area contributed by atoms with Crippen LogP contribution in [0.2, 0.25) is 0 Å². The van der Waals surface area contributed by atoms with Crippen LogP contribution in [0.25, 0.3) is 22.2 Å². The third-order valence-corrected chi connectivity index (χ3v) is 5.42. The number of benzene rings is 3. The van der Waals surface area contributed by atoms with Gasteiger partial charge in [0.15, 0.2) is 0 Å². The minimum Gasteiger partial charge on any atom is -0.497 e. The molecule has 4 aromatic rings. The van der Waals surface area contributed by atoms with E-state index in [9.17, 15) is 5.26 Å². The van der Waals surface area contributed by atoms with Gasteiger partial charge in [-0.3, -0.25) is 0 Å². The lowest BCUT2D eigenvalue weighted by Gasteiger charge is -2.12. The number of ether oxygens (including phenoxy) is 1. The number of nitrogens with one attached hydrogen (secondary N) is 1. The Kier molecular flexibility index (Phi) is 5.72. The lowest BCUT2D eigenvalue weighted by atomic mass is 10.1. The second kappa shape index (κ2) is 8.75. The fraction of sp³-hybridized carbons (Fsp3) is 0.192. The van der Waals surface area contributed by atoms with Crippen LogP contribution in [0.1, 0.15) is 18.1 Å². The number of nitriles is 1. The molecule has 3 aromatic carbocycles. The number of fused-ring (bicyclic) bond motifs is 1. The van der Waals surface area contributed by atoms with Gasteiger partial charge in [-0.05, 0) is 43.2 Å². The van der Waals surface area contributed by atoms with Crippen LogP contribution in [0.5, 0.6) is 5.75 Å². The summed E-state index contributed by atoms with van der Waals surface area (Å²) in [5.74, 6) is 0.794. The second-order valence-electron chi connectivity index (χ2n) is 7.21. The molecule has 0 unspecified atom stereocenters. The zero-order chi connectivity index (χ0) is 20.9. The summed E-state index contributed by atoms with van der Waals surface area (Å²) in [6.45, 7) is 3.73. The van der Waals surface area contributed by atoms with Crippen molar-refractivity contribution in [2.75, 3.05) is 19.0 Å². The number of hydrogen-bond donors (Lipinski definition) is 1. The number of methoxy groups -OCH3 is 1. The molecule has 4 rings (SSSR count). The van der Waals surface area contributed by atoms with Gasteiger partial charge in [-0.2, -0.15) is 5.26 Å². The molecule has 1 heterocycles. The predicted octanol–water partition coefficient (Wildman–Crippen LogP) is 5.86. The molecule has 0 aliphatic rings. The summed E-state index contributed by atoms with van der Waals surface area (Å²) >= 11 is 0. The SMILES string of the molecule is CCn1c(-c2cccc(NCCc3ccccc3)c2)c(C#N)c2ccc(OC)cc21. The first kappa shape index (κ1) is 19.6. The molecule has 0 saturated carbocycles. The molecule has 0 bridgehead atoms. The van der Waals surface area contributed by atoms with Crippen molar-refractivity contribution in [1.82, 2.24) is 4.57 Å². The third kappa shape index (κ3) is 3.75. The molecular weight excluding hydrogens is 370 g/mol. The van der Waals surface area contributed by atoms with Crippen LogP contribution in [0.4, 0.5) is 5.69 Å². The van der Waals surface area contributed by atoms with Gasteiger partial charge >= 0.3 is 0 Å². The van der Waals surface area contributed by atoms with E-state index in [2.05, 4.69) is 65.3 Å². The molecule has 0 aliphatic carbocycles. The zero-order valence-corrected chi connectivity index (χ0v) is 17.4. The highest BCUT2D eigenvalue weighted by atomic mass is 16.5. The van der Waals surface area contributed by atoms with Gasteiger partial charge in [0.25, 0.3) is 0 Å². The van der Waals surface area contributed by atoms with E-state index in [0.717, 1.165) is 53.1 Å². The van der Waals surface area contributed by atoms with E-state index in [1.54, 1.807) is 7.11 Å². The summed E-state index contributed by atoms with van der Waals surface area (Å²) in [7, 11) is 1.66. The molecule has 0 fully saturated rings. The van der Waals surface area contributed by atoms with Gasteiger partial charge in [0.1, 0.15) is 11.8 Å². The van der Waals surface area contributed by atoms with Crippen molar-refractivity contribution in [2.24, 2.45) is 0 Å². The van der Waals surface area contributed by atoms with Crippen LogP contribution in [0, 0.1) is 11.3 Å². The number of aryl methyl sites for hydroxylation is 1. The molecule has 0 atom stereocenters. The van der Waals surface area contributed by atoms with E-state index in [1.165, 1.54) is 5.56 Å². The maximum Gasteiger partial charge on any atom is 0.120 e. The Labute approximate surface area is 177 Å². The number of rotatable bonds is 7. The first-order chi connectivity index (χ1) is 14.7. The summed E-state index contributed by atoms with van der Waals surface area (Å²) in [4.78, 5) is 0. The van der Waals surface area contributed by atoms with E-state index < -0.39 is 0 Å². The molecule has 30 heavy (non-hydrogen) atoms. The van der Waals surface area contributed by atoms with E-state index in [1.807, 2.05) is 30.3 Å². The molecule has 150 valence electrons. The summed E-state index contributed by atoms with van der Waals surface area (Å²) in [5.41, 5.74) is 6.08. The maximum atomic E-state index is 9.94. The average Bonchev–Trinajstić information content (AvgIpc) is 3.12. The van der Waals surface area contributed by atoms with Crippen LogP contribution < -0.4 is 10.1 Å². The van der Waals surface area contributed by atoms with Crippen LogP contribution in [0.3, 0.4) is 0 Å². The monoisotopic (exact) mass is 395 g/mol. The number of hydrogen-bond acceptors (Lipinski definition) is 3. The van der Waals surface area contributed by atoms with Crippen molar-refractivity contribution in [3.8, 4) is 23.1 Å². The molecular formula is C26H25N3O. The first-order valence-electron chi connectivity index (χ1n) is 10.2. The Hall–Kier alpha value is -3.71. The van der Waals surface area contributed by atoms with E-state index in [0.29, 0.717) is 5.56 Å². The van der Waals surface area contributed by atoms with Crippen LogP contribution in [0.15, 0.2) is 72.8 Å². The van der Waals surface area contributed by atoms with Crippen LogP contribution >= 0.6 is 0 Å². The predicted molar refractivity (Wildman–Crippen MR) is 123 cm³/mol. The lowest BCUT2D eigenvalue weighted by molar-refractivity contribution is 0.415. The van der Waals surface area contributed by atoms with Gasteiger partial charge < -0.3 is 14.6 Å². The maximum absolute atomic E-state index is 9.94. The van der Waals surface area contributed by atoms with Gasteiger partial charge in [-0.15, -0.1) is 0 Å². The minimum absolute atomic E-state index is 0.705. The van der Waals surface area contributed by atoms with E-state index >= 15 is 0 Å². The molecule has 0 amide bonds.